The Kier molecular flexibility index (Phi) is 5.16. The normalized spacial score (nSPS) is 13.8. The zero-order valence-electron chi connectivity index (χ0n) is 13.5. The van der Waals surface area contributed by atoms with E-state index in [1.54, 1.807) is 0 Å². The monoisotopic (exact) mass is 342 g/mol. The van der Waals surface area contributed by atoms with E-state index in [0.717, 1.165) is 0 Å². The molecule has 0 bridgehead atoms. The predicted octanol–water partition coefficient (Wildman–Crippen LogP) is 3.83. The summed E-state index contributed by atoms with van der Waals surface area (Å²) in [6.07, 6.45) is 0. The summed E-state index contributed by atoms with van der Waals surface area (Å²) in [5, 5.41) is 0. The first-order chi connectivity index (χ1) is 11.7. The molecule has 2 aromatic rings. The molecular formula is C19H19ClN2O2. The average molecular weight is 343 g/mol. The van der Waals surface area contributed by atoms with Crippen LogP contribution < -0.4 is 0 Å². The summed E-state index contributed by atoms with van der Waals surface area (Å²) in [5.74, 6) is -0.552. The van der Waals surface area contributed by atoms with Crippen LogP contribution in [-0.4, -0.2) is 29.3 Å². The largest absolute Gasteiger partial charge is 0.465 e. The van der Waals surface area contributed by atoms with Crippen LogP contribution in [0.4, 0.5) is 0 Å². The number of amides is 1. The highest BCUT2D eigenvalue weighted by Gasteiger charge is 2.22. The minimum absolute atomic E-state index is 0.155. The molecule has 2 aromatic carbocycles. The molecule has 1 amide bonds. The molecule has 0 N–H and O–H groups in total. The number of carbonyl (C=O) groups excluding carboxylic acids is 1. The lowest BCUT2D eigenvalue weighted by Gasteiger charge is -2.24. The molecule has 0 fully saturated rings. The number of rotatable bonds is 2. The van der Waals surface area contributed by atoms with Crippen molar-refractivity contribution in [1.82, 2.24) is 4.90 Å². The van der Waals surface area contributed by atoms with Gasteiger partial charge in [0.05, 0.1) is 6.61 Å². The molecule has 24 heavy (non-hydrogen) atoms. The molecule has 1 heterocycles. The Morgan fingerprint density at radius 1 is 1.08 bits per heavy atom. The lowest BCUT2D eigenvalue weighted by Crippen LogP contribution is -2.32. The van der Waals surface area contributed by atoms with Crippen molar-refractivity contribution in [2.45, 2.75) is 20.0 Å². The minimum atomic E-state index is -0.397. The third-order valence-electron chi connectivity index (χ3n) is 3.93. The third-order valence-corrected chi connectivity index (χ3v) is 4.15. The molecule has 0 aromatic heterocycles. The second-order valence-corrected chi connectivity index (χ2v) is 5.79. The summed E-state index contributed by atoms with van der Waals surface area (Å²) in [5.41, 5.74) is 4.76. The van der Waals surface area contributed by atoms with Crippen molar-refractivity contribution >= 4 is 23.5 Å². The fourth-order valence-electron chi connectivity index (χ4n) is 2.90. The lowest BCUT2D eigenvalue weighted by molar-refractivity contribution is -0.115. The molecule has 5 heteroatoms. The fourth-order valence-corrected chi connectivity index (χ4v) is 2.96. The number of halogens is 1. The first kappa shape index (κ1) is 16.5. The second kappa shape index (κ2) is 7.49. The molecule has 0 radical (unpaired) electrons. The minimum Gasteiger partial charge on any atom is -0.465 e. The Balaban J connectivity index is 2.06. The van der Waals surface area contributed by atoms with Crippen LogP contribution in [0.3, 0.4) is 0 Å². The Labute approximate surface area is 146 Å². The summed E-state index contributed by atoms with van der Waals surface area (Å²) >= 11 is 5.60. The van der Waals surface area contributed by atoms with Crippen molar-refractivity contribution in [2.24, 2.45) is 4.99 Å². The number of carbonyl (C=O) groups is 1. The number of fused-ring (bicyclic) bond motifs is 3. The van der Waals surface area contributed by atoms with Gasteiger partial charge in [0, 0.05) is 13.1 Å². The van der Waals surface area contributed by atoms with Crippen LogP contribution >= 0.6 is 11.6 Å². The van der Waals surface area contributed by atoms with Gasteiger partial charge in [-0.1, -0.05) is 48.5 Å². The number of aliphatic imine (C=N–C) groups is 1. The maximum absolute atomic E-state index is 11.7. The van der Waals surface area contributed by atoms with Crippen LogP contribution in [0.1, 0.15) is 18.1 Å². The Morgan fingerprint density at radius 3 is 2.12 bits per heavy atom. The Bertz CT molecular complexity index is 726. The molecule has 1 aliphatic rings. The summed E-state index contributed by atoms with van der Waals surface area (Å²) < 4.78 is 5.64. The van der Waals surface area contributed by atoms with E-state index in [2.05, 4.69) is 29.3 Å². The molecule has 3 rings (SSSR count). The van der Waals surface area contributed by atoms with Crippen LogP contribution in [-0.2, 0) is 22.6 Å². The predicted molar refractivity (Wildman–Crippen MR) is 95.9 cm³/mol. The highest BCUT2D eigenvalue weighted by Crippen LogP contribution is 2.32. The van der Waals surface area contributed by atoms with Gasteiger partial charge in [-0.2, -0.15) is 4.99 Å². The highest BCUT2D eigenvalue weighted by molar-refractivity contribution is 6.28. The van der Waals surface area contributed by atoms with Gasteiger partial charge in [-0.15, -0.1) is 11.6 Å². The quantitative estimate of drug-likeness (QED) is 0.473. The third kappa shape index (κ3) is 3.44. The molecule has 0 saturated heterocycles. The fraction of sp³-hybridized carbons (Fsp3) is 0.263. The maximum atomic E-state index is 11.7. The van der Waals surface area contributed by atoms with Gasteiger partial charge in [-0.3, -0.25) is 4.79 Å². The molecule has 0 unspecified atom stereocenters. The molecule has 4 nitrogen and oxygen atoms in total. The van der Waals surface area contributed by atoms with E-state index < -0.39 is 5.91 Å². The molecule has 0 atom stereocenters. The van der Waals surface area contributed by atoms with Crippen molar-refractivity contribution < 1.29 is 9.53 Å². The van der Waals surface area contributed by atoms with Crippen LogP contribution in [0.5, 0.6) is 0 Å². The number of benzene rings is 2. The van der Waals surface area contributed by atoms with Crippen LogP contribution in [0.2, 0.25) is 0 Å². The number of alkyl halides is 1. The maximum Gasteiger partial charge on any atom is 0.295 e. The molecule has 0 spiro atoms. The summed E-state index contributed by atoms with van der Waals surface area (Å²) in [6, 6.07) is 16.9. The molecule has 0 aliphatic carbocycles. The summed E-state index contributed by atoms with van der Waals surface area (Å²) in [4.78, 5) is 17.7. The van der Waals surface area contributed by atoms with Gasteiger partial charge in [0.2, 0.25) is 0 Å². The van der Waals surface area contributed by atoms with Crippen molar-refractivity contribution in [3.05, 3.63) is 59.7 Å². The lowest BCUT2D eigenvalue weighted by atomic mass is 9.97. The van der Waals surface area contributed by atoms with E-state index in [4.69, 9.17) is 16.3 Å². The smallest absolute Gasteiger partial charge is 0.295 e. The highest BCUT2D eigenvalue weighted by atomic mass is 35.5. The van der Waals surface area contributed by atoms with E-state index in [1.807, 2.05) is 36.1 Å². The van der Waals surface area contributed by atoms with Gasteiger partial charge in [0.15, 0.2) is 0 Å². The summed E-state index contributed by atoms with van der Waals surface area (Å²) in [7, 11) is 0. The summed E-state index contributed by atoms with van der Waals surface area (Å²) in [6.45, 7) is 3.56. The van der Waals surface area contributed by atoms with E-state index in [1.165, 1.54) is 22.3 Å². The van der Waals surface area contributed by atoms with Crippen molar-refractivity contribution in [3.8, 4) is 11.1 Å². The van der Waals surface area contributed by atoms with Crippen LogP contribution in [0, 0.1) is 0 Å². The molecule has 1 aliphatic heterocycles. The van der Waals surface area contributed by atoms with Crippen molar-refractivity contribution in [3.63, 3.8) is 0 Å². The second-order valence-electron chi connectivity index (χ2n) is 5.53. The number of amidine groups is 1. The van der Waals surface area contributed by atoms with E-state index in [-0.39, 0.29) is 5.88 Å². The molecular weight excluding hydrogens is 324 g/mol. The standard InChI is InChI=1S/C19H19ClN2O2/c1-2-24-19(21-18(23)11-20)22-12-14-7-3-5-9-16(14)17-10-6-4-8-15(17)13-22/h3-10H,2,11-13H2,1H3. The van der Waals surface area contributed by atoms with Crippen molar-refractivity contribution in [2.75, 3.05) is 12.5 Å². The van der Waals surface area contributed by atoms with Gasteiger partial charge < -0.3 is 9.64 Å². The van der Waals surface area contributed by atoms with Gasteiger partial charge in [0.25, 0.3) is 11.9 Å². The van der Waals surface area contributed by atoms with Crippen LogP contribution in [0.15, 0.2) is 53.5 Å². The molecule has 124 valence electrons. The molecule has 0 saturated carbocycles. The zero-order chi connectivity index (χ0) is 16.9. The van der Waals surface area contributed by atoms with Gasteiger partial charge >= 0.3 is 0 Å². The van der Waals surface area contributed by atoms with Gasteiger partial charge in [-0.25, -0.2) is 0 Å². The SMILES string of the molecule is CCOC(=NC(=O)CCl)N1Cc2ccccc2-c2ccccc2C1. The Morgan fingerprint density at radius 2 is 1.62 bits per heavy atom. The zero-order valence-corrected chi connectivity index (χ0v) is 14.3. The van der Waals surface area contributed by atoms with Gasteiger partial charge in [0.1, 0.15) is 5.88 Å². The number of nitrogens with zero attached hydrogens (tertiary/aromatic N) is 2. The average Bonchev–Trinajstić information content (AvgIpc) is 2.78. The first-order valence-electron chi connectivity index (χ1n) is 7.94. The van der Waals surface area contributed by atoms with Gasteiger partial charge in [-0.05, 0) is 29.2 Å². The number of hydrogen-bond donors (Lipinski definition) is 0. The Hall–Kier alpha value is -2.33. The number of ether oxygens (including phenoxy) is 1. The van der Waals surface area contributed by atoms with Crippen molar-refractivity contribution in [1.29, 1.82) is 0 Å². The van der Waals surface area contributed by atoms with E-state index in [9.17, 15) is 4.79 Å². The number of hydrogen-bond acceptors (Lipinski definition) is 2. The first-order valence-corrected chi connectivity index (χ1v) is 8.47. The van der Waals surface area contributed by atoms with E-state index >= 15 is 0 Å². The topological polar surface area (TPSA) is 41.9 Å². The van der Waals surface area contributed by atoms with E-state index in [0.29, 0.717) is 25.7 Å². The van der Waals surface area contributed by atoms with Crippen LogP contribution in [0.25, 0.3) is 11.1 Å².